The molecule has 3 aliphatic rings. The van der Waals surface area contributed by atoms with Gasteiger partial charge in [0.2, 0.25) is 5.95 Å². The molecule has 0 aromatic carbocycles. The average Bonchev–Trinajstić information content (AvgIpc) is 2.86. The van der Waals surface area contributed by atoms with E-state index in [1.54, 1.807) is 0 Å². The molecule has 0 radical (unpaired) electrons. The summed E-state index contributed by atoms with van der Waals surface area (Å²) in [6, 6.07) is 0. The number of aromatic nitrogens is 2. The molecule has 4 rings (SSSR count). The highest BCUT2D eigenvalue weighted by atomic mass is 19.4. The Hall–Kier alpha value is -2.79. The van der Waals surface area contributed by atoms with Crippen molar-refractivity contribution in [2.24, 2.45) is 5.92 Å². The van der Waals surface area contributed by atoms with Gasteiger partial charge in [0, 0.05) is 39.4 Å². The second-order valence-corrected chi connectivity index (χ2v) is 9.12. The minimum Gasteiger partial charge on any atom is -0.475 e. The first-order valence-corrected chi connectivity index (χ1v) is 11.9. The molecule has 3 aliphatic heterocycles. The first-order valence-electron chi connectivity index (χ1n) is 11.9. The second-order valence-electron chi connectivity index (χ2n) is 9.12. The Kier molecular flexibility index (Phi) is 11.7. The largest absolute Gasteiger partial charge is 0.490 e. The third-order valence-corrected chi connectivity index (χ3v) is 6.25. The predicted octanol–water partition coefficient (Wildman–Crippen LogP) is 2.98. The second kappa shape index (κ2) is 14.0. The van der Waals surface area contributed by atoms with Crippen LogP contribution < -0.4 is 4.90 Å². The molecule has 222 valence electrons. The molecule has 0 bridgehead atoms. The van der Waals surface area contributed by atoms with Crippen molar-refractivity contribution in [3.63, 3.8) is 0 Å². The van der Waals surface area contributed by atoms with Gasteiger partial charge in [-0.05, 0) is 31.6 Å². The zero-order valence-corrected chi connectivity index (χ0v) is 20.7. The molecule has 1 spiro atoms. The lowest BCUT2D eigenvalue weighted by Gasteiger charge is -2.47. The van der Waals surface area contributed by atoms with Crippen LogP contribution in [0.15, 0.2) is 12.4 Å². The molecular weight excluding hydrogens is 549 g/mol. The highest BCUT2D eigenvalue weighted by Gasteiger charge is 2.41. The Morgan fingerprint density at radius 3 is 1.87 bits per heavy atom. The van der Waals surface area contributed by atoms with Gasteiger partial charge in [0.1, 0.15) is 0 Å². The van der Waals surface area contributed by atoms with Crippen LogP contribution in [0.4, 0.5) is 36.7 Å². The van der Waals surface area contributed by atoms with Crippen molar-refractivity contribution in [1.82, 2.24) is 14.9 Å². The maximum Gasteiger partial charge on any atom is 0.490 e. The summed E-state index contributed by atoms with van der Waals surface area (Å²) < 4.78 is 88.2. The van der Waals surface area contributed by atoms with Gasteiger partial charge in [0.15, 0.2) is 5.82 Å². The van der Waals surface area contributed by atoms with Crippen LogP contribution in [0.2, 0.25) is 0 Å². The van der Waals surface area contributed by atoms with E-state index in [0.29, 0.717) is 12.6 Å². The van der Waals surface area contributed by atoms with Gasteiger partial charge in [0.05, 0.1) is 31.1 Å². The molecule has 4 heterocycles. The molecule has 0 amide bonds. The zero-order valence-electron chi connectivity index (χ0n) is 20.7. The lowest BCUT2D eigenvalue weighted by atomic mass is 9.88. The van der Waals surface area contributed by atoms with Crippen molar-refractivity contribution in [2.45, 2.75) is 43.6 Å². The number of ether oxygens (including phenoxy) is 2. The number of carboxylic acid groups (broad SMARTS) is 2. The molecule has 0 saturated carbocycles. The zero-order chi connectivity index (χ0) is 29.3. The summed E-state index contributed by atoms with van der Waals surface area (Å²) in [5.41, 5.74) is -0.109. The molecule has 2 N–H and O–H groups in total. The number of nitrogens with zero attached hydrogens (tertiary/aromatic N) is 4. The number of anilines is 1. The Morgan fingerprint density at radius 2 is 1.41 bits per heavy atom. The van der Waals surface area contributed by atoms with E-state index in [0.717, 1.165) is 58.2 Å². The van der Waals surface area contributed by atoms with Gasteiger partial charge >= 0.3 is 24.3 Å². The quantitative estimate of drug-likeness (QED) is 0.518. The standard InChI is InChI=1S/C18H27FN4O2.2C2HF3O2/c19-16-11-20-17(21-12-16)23-7-10-25-18(14-23)3-5-22(6-4-18)13-15-1-8-24-9-2-15;2*3-2(4,5)1(6)7/h11-12,15H,1-10,13-14H2;2*(H,6,7). The molecule has 10 nitrogen and oxygen atoms in total. The lowest BCUT2D eigenvalue weighted by molar-refractivity contribution is -0.193. The Morgan fingerprint density at radius 1 is 0.923 bits per heavy atom. The van der Waals surface area contributed by atoms with Gasteiger partial charge < -0.3 is 29.5 Å². The van der Waals surface area contributed by atoms with E-state index in [2.05, 4.69) is 19.8 Å². The minimum absolute atomic E-state index is 0.109. The molecule has 1 aromatic heterocycles. The summed E-state index contributed by atoms with van der Waals surface area (Å²) in [5, 5.41) is 14.2. The van der Waals surface area contributed by atoms with Crippen LogP contribution in [-0.2, 0) is 19.1 Å². The van der Waals surface area contributed by atoms with E-state index in [-0.39, 0.29) is 5.60 Å². The number of hydrogen-bond donors (Lipinski definition) is 2. The van der Waals surface area contributed by atoms with Crippen LogP contribution in [0.3, 0.4) is 0 Å². The van der Waals surface area contributed by atoms with Gasteiger partial charge in [-0.1, -0.05) is 0 Å². The highest BCUT2D eigenvalue weighted by Crippen LogP contribution is 2.32. The Bertz CT molecular complexity index is 895. The van der Waals surface area contributed by atoms with Crippen LogP contribution in [0.5, 0.6) is 0 Å². The van der Waals surface area contributed by atoms with Crippen LogP contribution in [0.25, 0.3) is 0 Å². The third kappa shape index (κ3) is 11.1. The predicted molar refractivity (Wildman–Crippen MR) is 119 cm³/mol. The minimum atomic E-state index is -5.08. The Balaban J connectivity index is 0.000000317. The number of carbonyl (C=O) groups is 2. The molecule has 0 atom stereocenters. The van der Waals surface area contributed by atoms with E-state index >= 15 is 0 Å². The summed E-state index contributed by atoms with van der Waals surface area (Å²) in [5.74, 6) is -4.53. The number of carboxylic acids is 2. The number of aliphatic carboxylic acids is 2. The number of piperidine rings is 1. The SMILES string of the molecule is Fc1cnc(N2CCOC3(CCN(CC4CCOCC4)CC3)C2)nc1.O=C(O)C(F)(F)F.O=C(O)C(F)(F)F. The molecule has 1 aromatic rings. The average molecular weight is 578 g/mol. The molecule has 39 heavy (non-hydrogen) atoms. The van der Waals surface area contributed by atoms with Crippen molar-refractivity contribution in [2.75, 3.05) is 57.4 Å². The fourth-order valence-corrected chi connectivity index (χ4v) is 4.22. The smallest absolute Gasteiger partial charge is 0.475 e. The number of alkyl halides is 6. The number of hydrogen-bond acceptors (Lipinski definition) is 8. The summed E-state index contributed by atoms with van der Waals surface area (Å²) >= 11 is 0. The van der Waals surface area contributed by atoms with E-state index in [1.807, 2.05) is 0 Å². The van der Waals surface area contributed by atoms with Crippen molar-refractivity contribution in [3.8, 4) is 0 Å². The Labute approximate surface area is 218 Å². The van der Waals surface area contributed by atoms with Gasteiger partial charge in [-0.3, -0.25) is 0 Å². The van der Waals surface area contributed by atoms with Crippen LogP contribution in [-0.4, -0.2) is 108 Å². The summed E-state index contributed by atoms with van der Waals surface area (Å²) in [4.78, 5) is 30.8. The fourth-order valence-electron chi connectivity index (χ4n) is 4.22. The number of likely N-dealkylation sites (tertiary alicyclic amines) is 1. The van der Waals surface area contributed by atoms with Gasteiger partial charge in [0.25, 0.3) is 0 Å². The van der Waals surface area contributed by atoms with Crippen molar-refractivity contribution >= 4 is 17.9 Å². The summed E-state index contributed by atoms with van der Waals surface area (Å²) in [6.45, 7) is 7.41. The van der Waals surface area contributed by atoms with E-state index in [4.69, 9.17) is 29.3 Å². The lowest BCUT2D eigenvalue weighted by Crippen LogP contribution is -2.57. The maximum atomic E-state index is 13.1. The first kappa shape index (κ1) is 32.4. The van der Waals surface area contributed by atoms with Gasteiger partial charge in [-0.2, -0.15) is 26.3 Å². The summed E-state index contributed by atoms with van der Waals surface area (Å²) in [7, 11) is 0. The number of morpholine rings is 1. The molecule has 0 aliphatic carbocycles. The molecular formula is C22H29F7N4O6. The number of halogens is 7. The fraction of sp³-hybridized carbons (Fsp3) is 0.727. The first-order chi connectivity index (χ1) is 18.1. The van der Waals surface area contributed by atoms with Crippen LogP contribution >= 0.6 is 0 Å². The van der Waals surface area contributed by atoms with Crippen LogP contribution in [0.1, 0.15) is 25.7 Å². The normalized spacial score (nSPS) is 20.3. The van der Waals surface area contributed by atoms with E-state index in [9.17, 15) is 30.7 Å². The molecule has 3 saturated heterocycles. The van der Waals surface area contributed by atoms with Crippen molar-refractivity contribution in [1.29, 1.82) is 0 Å². The van der Waals surface area contributed by atoms with Crippen molar-refractivity contribution < 1.29 is 60.0 Å². The van der Waals surface area contributed by atoms with E-state index in [1.165, 1.54) is 31.8 Å². The third-order valence-electron chi connectivity index (χ3n) is 6.25. The van der Waals surface area contributed by atoms with E-state index < -0.39 is 30.1 Å². The van der Waals surface area contributed by atoms with Gasteiger partial charge in [-0.15, -0.1) is 0 Å². The monoisotopic (exact) mass is 578 g/mol. The molecule has 3 fully saturated rings. The maximum absolute atomic E-state index is 13.1. The topological polar surface area (TPSA) is 125 Å². The van der Waals surface area contributed by atoms with Crippen LogP contribution in [0, 0.1) is 11.7 Å². The molecule has 0 unspecified atom stereocenters. The summed E-state index contributed by atoms with van der Waals surface area (Å²) in [6.07, 6.45) is -3.24. The molecule has 17 heteroatoms. The number of rotatable bonds is 3. The van der Waals surface area contributed by atoms with Crippen molar-refractivity contribution in [3.05, 3.63) is 18.2 Å². The van der Waals surface area contributed by atoms with Gasteiger partial charge in [-0.25, -0.2) is 23.9 Å². The highest BCUT2D eigenvalue weighted by molar-refractivity contribution is 5.73.